The first-order valence-electron chi connectivity index (χ1n) is 9.60. The minimum absolute atomic E-state index is 0.242. The fourth-order valence-electron chi connectivity index (χ4n) is 3.22. The minimum atomic E-state index is -4.65. The molecule has 0 bridgehead atoms. The van der Waals surface area contributed by atoms with Crippen LogP contribution in [0.3, 0.4) is 0 Å². The topological polar surface area (TPSA) is 66.5 Å². The third-order valence-electron chi connectivity index (χ3n) is 4.72. The van der Waals surface area contributed by atoms with Crippen LogP contribution in [0.2, 0.25) is 0 Å². The van der Waals surface area contributed by atoms with Gasteiger partial charge in [-0.15, -0.1) is 0 Å². The second-order valence-corrected chi connectivity index (χ2v) is 9.05. The number of carbonyl (C=O) groups excluding carboxylic acids is 1. The fourth-order valence-corrected chi connectivity index (χ4v) is 4.07. The van der Waals surface area contributed by atoms with Crippen LogP contribution in [0.4, 0.5) is 18.9 Å². The Morgan fingerprint density at radius 1 is 0.906 bits per heavy atom. The van der Waals surface area contributed by atoms with E-state index in [2.05, 4.69) is 5.32 Å². The predicted octanol–water partition coefficient (Wildman–Crippen LogP) is 4.38. The average Bonchev–Trinajstić information content (AvgIpc) is 2.76. The van der Waals surface area contributed by atoms with Crippen LogP contribution in [0.5, 0.6) is 0 Å². The van der Waals surface area contributed by atoms with Gasteiger partial charge in [0, 0.05) is 0 Å². The van der Waals surface area contributed by atoms with Gasteiger partial charge in [-0.3, -0.25) is 9.10 Å². The fraction of sp³-hybridized carbons (Fsp3) is 0.174. The number of benzene rings is 3. The molecule has 0 unspecified atom stereocenters. The van der Waals surface area contributed by atoms with Crippen molar-refractivity contribution < 1.29 is 26.4 Å². The lowest BCUT2D eigenvalue weighted by atomic mass is 9.99. The number of rotatable bonds is 7. The van der Waals surface area contributed by atoms with Crippen LogP contribution >= 0.6 is 0 Å². The van der Waals surface area contributed by atoms with Crippen LogP contribution in [-0.2, 0) is 21.0 Å². The molecule has 0 saturated heterocycles. The summed E-state index contributed by atoms with van der Waals surface area (Å²) in [6.45, 7) is -0.670. The van der Waals surface area contributed by atoms with Gasteiger partial charge in [0.2, 0.25) is 15.9 Å². The molecular formula is C23H21F3N2O3S. The van der Waals surface area contributed by atoms with Crippen molar-refractivity contribution >= 4 is 21.6 Å². The van der Waals surface area contributed by atoms with Crippen LogP contribution in [-0.4, -0.2) is 27.1 Å². The van der Waals surface area contributed by atoms with E-state index in [4.69, 9.17) is 0 Å². The Hall–Kier alpha value is -3.33. The van der Waals surface area contributed by atoms with E-state index in [1.165, 1.54) is 6.07 Å². The van der Waals surface area contributed by atoms with Gasteiger partial charge in [0.15, 0.2) is 0 Å². The Bertz CT molecular complexity index is 1130. The first kappa shape index (κ1) is 23.3. The third kappa shape index (κ3) is 5.88. The van der Waals surface area contributed by atoms with E-state index < -0.39 is 40.3 Å². The van der Waals surface area contributed by atoms with Crippen molar-refractivity contribution in [1.29, 1.82) is 0 Å². The summed E-state index contributed by atoms with van der Waals surface area (Å²) in [6.07, 6.45) is -3.81. The van der Waals surface area contributed by atoms with E-state index in [0.717, 1.165) is 29.5 Å². The van der Waals surface area contributed by atoms with Gasteiger partial charge < -0.3 is 5.32 Å². The van der Waals surface area contributed by atoms with Crippen molar-refractivity contribution in [3.8, 4) is 0 Å². The monoisotopic (exact) mass is 462 g/mol. The molecule has 5 nitrogen and oxygen atoms in total. The van der Waals surface area contributed by atoms with E-state index in [1.54, 1.807) is 0 Å². The molecule has 0 atom stereocenters. The molecule has 0 fully saturated rings. The maximum Gasteiger partial charge on any atom is 0.416 e. The van der Waals surface area contributed by atoms with Gasteiger partial charge >= 0.3 is 6.18 Å². The zero-order valence-electron chi connectivity index (χ0n) is 17.1. The highest BCUT2D eigenvalue weighted by Gasteiger charge is 2.32. The van der Waals surface area contributed by atoms with E-state index in [0.29, 0.717) is 10.4 Å². The van der Waals surface area contributed by atoms with Gasteiger partial charge in [-0.2, -0.15) is 13.2 Å². The van der Waals surface area contributed by atoms with Crippen LogP contribution < -0.4 is 9.62 Å². The van der Waals surface area contributed by atoms with Gasteiger partial charge in [-0.05, 0) is 29.3 Å². The van der Waals surface area contributed by atoms with Gasteiger partial charge in [0.25, 0.3) is 0 Å². The number of alkyl halides is 3. The molecule has 0 heterocycles. The molecule has 0 aliphatic rings. The molecule has 3 rings (SSSR count). The molecule has 0 radical (unpaired) electrons. The summed E-state index contributed by atoms with van der Waals surface area (Å²) >= 11 is 0. The standard InChI is InChI=1S/C23H21F3N2O3S/c1-32(30,31)28(20-14-8-13-19(15-20)23(24,25)26)16-21(29)27-22(17-9-4-2-5-10-17)18-11-6-3-7-12-18/h2-15,22H,16H2,1H3,(H,27,29). The molecule has 3 aromatic carbocycles. The average molecular weight is 462 g/mol. The van der Waals surface area contributed by atoms with Gasteiger partial charge in [-0.1, -0.05) is 66.7 Å². The lowest BCUT2D eigenvalue weighted by Gasteiger charge is -2.25. The first-order valence-corrected chi connectivity index (χ1v) is 11.4. The lowest BCUT2D eigenvalue weighted by Crippen LogP contribution is -2.42. The number of sulfonamides is 1. The smallest absolute Gasteiger partial charge is 0.344 e. The number of hydrogen-bond acceptors (Lipinski definition) is 3. The van der Waals surface area contributed by atoms with Gasteiger partial charge in [0.1, 0.15) is 6.54 Å². The van der Waals surface area contributed by atoms with Crippen LogP contribution in [0.1, 0.15) is 22.7 Å². The van der Waals surface area contributed by atoms with Crippen molar-refractivity contribution in [2.45, 2.75) is 12.2 Å². The number of halogens is 3. The molecule has 3 aromatic rings. The lowest BCUT2D eigenvalue weighted by molar-refractivity contribution is -0.137. The quantitative estimate of drug-likeness (QED) is 0.567. The summed E-state index contributed by atoms with van der Waals surface area (Å²) in [6, 6.07) is 21.5. The van der Waals surface area contributed by atoms with Crippen LogP contribution in [0, 0.1) is 0 Å². The molecule has 1 N–H and O–H groups in total. The second-order valence-electron chi connectivity index (χ2n) is 7.14. The zero-order valence-corrected chi connectivity index (χ0v) is 17.9. The van der Waals surface area contributed by atoms with Crippen molar-refractivity contribution in [3.63, 3.8) is 0 Å². The van der Waals surface area contributed by atoms with E-state index in [-0.39, 0.29) is 5.69 Å². The number of anilines is 1. The van der Waals surface area contributed by atoms with Crippen molar-refractivity contribution in [3.05, 3.63) is 102 Å². The van der Waals surface area contributed by atoms with E-state index >= 15 is 0 Å². The predicted molar refractivity (Wildman–Crippen MR) is 117 cm³/mol. The summed E-state index contributed by atoms with van der Waals surface area (Å²) in [4.78, 5) is 12.9. The molecule has 1 amide bonds. The number of amides is 1. The summed E-state index contributed by atoms with van der Waals surface area (Å²) in [5.74, 6) is -0.662. The number of hydrogen-bond donors (Lipinski definition) is 1. The highest BCUT2D eigenvalue weighted by Crippen LogP contribution is 2.32. The molecule has 0 aliphatic carbocycles. The molecule has 32 heavy (non-hydrogen) atoms. The van der Waals surface area contributed by atoms with E-state index in [1.807, 2.05) is 60.7 Å². The van der Waals surface area contributed by atoms with Crippen LogP contribution in [0.15, 0.2) is 84.9 Å². The Morgan fingerprint density at radius 3 is 1.91 bits per heavy atom. The highest BCUT2D eigenvalue weighted by molar-refractivity contribution is 7.92. The number of carbonyl (C=O) groups is 1. The molecule has 168 valence electrons. The summed E-state index contributed by atoms with van der Waals surface area (Å²) in [5.41, 5.74) is 0.304. The van der Waals surface area contributed by atoms with Crippen molar-refractivity contribution in [1.82, 2.24) is 5.32 Å². The molecule has 0 saturated carbocycles. The van der Waals surface area contributed by atoms with Gasteiger partial charge in [-0.25, -0.2) is 8.42 Å². The van der Waals surface area contributed by atoms with Crippen LogP contribution in [0.25, 0.3) is 0 Å². The Balaban J connectivity index is 1.90. The van der Waals surface area contributed by atoms with Crippen molar-refractivity contribution in [2.75, 3.05) is 17.1 Å². The summed E-state index contributed by atoms with van der Waals surface area (Å²) < 4.78 is 64.6. The largest absolute Gasteiger partial charge is 0.416 e. The summed E-state index contributed by atoms with van der Waals surface area (Å²) in [5, 5.41) is 2.80. The molecule has 0 aromatic heterocycles. The van der Waals surface area contributed by atoms with Crippen molar-refractivity contribution in [2.24, 2.45) is 0 Å². The normalized spacial score (nSPS) is 11.9. The Kier molecular flexibility index (Phi) is 6.88. The maximum absolute atomic E-state index is 13.1. The number of nitrogens with zero attached hydrogens (tertiary/aromatic N) is 1. The Labute approximate surface area is 184 Å². The Morgan fingerprint density at radius 2 is 1.44 bits per heavy atom. The zero-order chi connectivity index (χ0) is 23.4. The second kappa shape index (κ2) is 9.44. The molecule has 0 aliphatic heterocycles. The van der Waals surface area contributed by atoms with E-state index in [9.17, 15) is 26.4 Å². The maximum atomic E-state index is 13.1. The molecule has 0 spiro atoms. The highest BCUT2D eigenvalue weighted by atomic mass is 32.2. The third-order valence-corrected chi connectivity index (χ3v) is 5.86. The minimum Gasteiger partial charge on any atom is -0.344 e. The molecule has 9 heteroatoms. The first-order chi connectivity index (χ1) is 15.1. The number of nitrogens with one attached hydrogen (secondary N) is 1. The molecular weight excluding hydrogens is 441 g/mol. The SMILES string of the molecule is CS(=O)(=O)N(CC(=O)NC(c1ccccc1)c1ccccc1)c1cccc(C(F)(F)F)c1. The van der Waals surface area contributed by atoms with Gasteiger partial charge in [0.05, 0.1) is 23.5 Å². The summed E-state index contributed by atoms with van der Waals surface area (Å²) in [7, 11) is -4.04.